The second-order valence-corrected chi connectivity index (χ2v) is 4.69. The summed E-state index contributed by atoms with van der Waals surface area (Å²) in [5.74, 6) is -0.108. The molecule has 1 aromatic carbocycles. The molecule has 0 heterocycles. The number of carbonyl (C=O) groups is 1. The summed E-state index contributed by atoms with van der Waals surface area (Å²) in [5, 5.41) is 2.17. The van der Waals surface area contributed by atoms with Crippen molar-refractivity contribution in [1.29, 1.82) is 0 Å². The van der Waals surface area contributed by atoms with Gasteiger partial charge >= 0.3 is 0 Å². The maximum Gasteiger partial charge on any atom is 0.246 e. The van der Waals surface area contributed by atoms with Crippen molar-refractivity contribution in [3.05, 3.63) is 33.8 Å². The van der Waals surface area contributed by atoms with Crippen LogP contribution in [0.1, 0.15) is 18.4 Å². The third-order valence-electron chi connectivity index (χ3n) is 2.72. The highest BCUT2D eigenvalue weighted by Crippen LogP contribution is 2.23. The van der Waals surface area contributed by atoms with Gasteiger partial charge in [0.05, 0.1) is 17.2 Å². The van der Waals surface area contributed by atoms with Gasteiger partial charge in [-0.15, -0.1) is 0 Å². The summed E-state index contributed by atoms with van der Waals surface area (Å²) < 4.78 is 0. The Balaban J connectivity index is 2.74. The summed E-state index contributed by atoms with van der Waals surface area (Å²) in [6.45, 7) is 0. The lowest BCUT2D eigenvalue weighted by atomic mass is 10.1. The van der Waals surface area contributed by atoms with Gasteiger partial charge in [-0.3, -0.25) is 14.6 Å². The normalized spacial score (nSPS) is 11.5. The highest BCUT2D eigenvalue weighted by Gasteiger charge is 2.11. The number of carbonyl (C=O) groups excluding carboxylic acids is 1. The van der Waals surface area contributed by atoms with Gasteiger partial charge in [-0.25, -0.2) is 5.06 Å². The zero-order valence-electron chi connectivity index (χ0n) is 11.1. The number of rotatable bonds is 5. The van der Waals surface area contributed by atoms with Gasteiger partial charge in [-0.2, -0.15) is 0 Å². The SMILES string of the molecule is CN=C(CCC(=O)N(C)OC)c1ccc(Cl)c(Cl)c1. The third kappa shape index (κ3) is 4.49. The number of amides is 1. The summed E-state index contributed by atoms with van der Waals surface area (Å²) in [6, 6.07) is 5.30. The Kier molecular flexibility index (Phi) is 6.28. The van der Waals surface area contributed by atoms with Crippen molar-refractivity contribution in [1.82, 2.24) is 5.06 Å². The molecule has 1 aromatic rings. The molecule has 0 radical (unpaired) electrons. The molecule has 0 saturated carbocycles. The van der Waals surface area contributed by atoms with Crippen LogP contribution in [0.3, 0.4) is 0 Å². The topological polar surface area (TPSA) is 41.9 Å². The van der Waals surface area contributed by atoms with Crippen LogP contribution in [-0.4, -0.2) is 37.9 Å². The maximum absolute atomic E-state index is 11.6. The van der Waals surface area contributed by atoms with Gasteiger partial charge in [0.2, 0.25) is 5.91 Å². The number of hydrogen-bond donors (Lipinski definition) is 0. The van der Waals surface area contributed by atoms with Crippen molar-refractivity contribution in [2.24, 2.45) is 4.99 Å². The molecule has 0 aliphatic heterocycles. The van der Waals surface area contributed by atoms with E-state index in [9.17, 15) is 4.79 Å². The highest BCUT2D eigenvalue weighted by atomic mass is 35.5. The molecule has 0 unspecified atom stereocenters. The molecule has 0 saturated heterocycles. The molecule has 104 valence electrons. The van der Waals surface area contributed by atoms with Crippen molar-refractivity contribution in [3.8, 4) is 0 Å². The minimum Gasteiger partial charge on any atom is -0.292 e. The van der Waals surface area contributed by atoms with Crippen molar-refractivity contribution in [2.75, 3.05) is 21.2 Å². The van der Waals surface area contributed by atoms with Crippen molar-refractivity contribution in [3.63, 3.8) is 0 Å². The van der Waals surface area contributed by atoms with Crippen LogP contribution in [0, 0.1) is 0 Å². The third-order valence-corrected chi connectivity index (χ3v) is 3.46. The van der Waals surface area contributed by atoms with Gasteiger partial charge in [0.15, 0.2) is 0 Å². The molecule has 6 heteroatoms. The second-order valence-electron chi connectivity index (χ2n) is 3.87. The smallest absolute Gasteiger partial charge is 0.246 e. The van der Waals surface area contributed by atoms with Gasteiger partial charge in [0.1, 0.15) is 0 Å². The standard InChI is InChI=1S/C13H16Cl2N2O2/c1-16-12(6-7-13(18)17(2)19-3)9-4-5-10(14)11(15)8-9/h4-5,8H,6-7H2,1-3H3. The van der Waals surface area contributed by atoms with Gasteiger partial charge in [0, 0.05) is 26.2 Å². The average Bonchev–Trinajstić information content (AvgIpc) is 2.42. The Hall–Kier alpha value is -1.10. The number of nitrogens with zero attached hydrogens (tertiary/aromatic N) is 2. The van der Waals surface area contributed by atoms with Crippen LogP contribution in [0.4, 0.5) is 0 Å². The summed E-state index contributed by atoms with van der Waals surface area (Å²) >= 11 is 11.8. The average molecular weight is 303 g/mol. The lowest BCUT2D eigenvalue weighted by Gasteiger charge is -2.14. The van der Waals surface area contributed by atoms with Crippen molar-refractivity contribution in [2.45, 2.75) is 12.8 Å². The molecule has 0 aliphatic rings. The first-order valence-corrected chi connectivity index (χ1v) is 6.47. The highest BCUT2D eigenvalue weighted by molar-refractivity contribution is 6.42. The molecule has 0 bridgehead atoms. The number of aliphatic imine (C=N–C) groups is 1. The van der Waals surface area contributed by atoms with E-state index < -0.39 is 0 Å². The molecule has 0 spiro atoms. The molecule has 0 fully saturated rings. The van der Waals surface area contributed by atoms with Crippen LogP contribution in [-0.2, 0) is 9.63 Å². The number of benzene rings is 1. The summed E-state index contributed by atoms with van der Waals surface area (Å²) in [7, 11) is 4.71. The van der Waals surface area contributed by atoms with E-state index in [4.69, 9.17) is 28.0 Å². The molecule has 0 N–H and O–H groups in total. The second kappa shape index (κ2) is 7.48. The first-order chi connectivity index (χ1) is 8.99. The van der Waals surface area contributed by atoms with Crippen LogP contribution in [0.25, 0.3) is 0 Å². The van der Waals surface area contributed by atoms with E-state index in [2.05, 4.69) is 4.99 Å². The van der Waals surface area contributed by atoms with Crippen LogP contribution < -0.4 is 0 Å². The van der Waals surface area contributed by atoms with E-state index in [1.54, 1.807) is 26.2 Å². The summed E-state index contributed by atoms with van der Waals surface area (Å²) in [4.78, 5) is 20.7. The van der Waals surface area contributed by atoms with Crippen LogP contribution in [0.2, 0.25) is 10.0 Å². The minimum absolute atomic E-state index is 0.108. The Morgan fingerprint density at radius 1 is 1.32 bits per heavy atom. The fraction of sp³-hybridized carbons (Fsp3) is 0.385. The Morgan fingerprint density at radius 2 is 2.00 bits per heavy atom. The van der Waals surface area contributed by atoms with Crippen molar-refractivity contribution >= 4 is 34.8 Å². The molecule has 0 atom stereocenters. The minimum atomic E-state index is -0.108. The first-order valence-electron chi connectivity index (χ1n) is 5.71. The Morgan fingerprint density at radius 3 is 2.53 bits per heavy atom. The van der Waals surface area contributed by atoms with Crippen LogP contribution in [0.15, 0.2) is 23.2 Å². The zero-order valence-corrected chi connectivity index (χ0v) is 12.6. The molecule has 0 aliphatic carbocycles. The number of hydrogen-bond acceptors (Lipinski definition) is 3. The van der Waals surface area contributed by atoms with E-state index in [0.717, 1.165) is 11.3 Å². The molecule has 1 amide bonds. The van der Waals surface area contributed by atoms with E-state index in [0.29, 0.717) is 22.9 Å². The number of halogens is 2. The predicted octanol–water partition coefficient (Wildman–Crippen LogP) is 3.21. The molecule has 4 nitrogen and oxygen atoms in total. The zero-order chi connectivity index (χ0) is 14.4. The van der Waals surface area contributed by atoms with Crippen molar-refractivity contribution < 1.29 is 9.63 Å². The lowest BCUT2D eigenvalue weighted by Crippen LogP contribution is -2.25. The molecule has 1 rings (SSSR count). The van der Waals surface area contributed by atoms with Gasteiger partial charge in [-0.1, -0.05) is 29.3 Å². The van der Waals surface area contributed by atoms with Crippen LogP contribution >= 0.6 is 23.2 Å². The van der Waals surface area contributed by atoms with Gasteiger partial charge in [-0.05, 0) is 24.1 Å². The first kappa shape index (κ1) is 16.0. The fourth-order valence-electron chi connectivity index (χ4n) is 1.55. The van der Waals surface area contributed by atoms with Gasteiger partial charge in [0.25, 0.3) is 0 Å². The predicted molar refractivity (Wildman–Crippen MR) is 77.9 cm³/mol. The summed E-state index contributed by atoms with van der Waals surface area (Å²) in [6.07, 6.45) is 0.832. The number of hydroxylamine groups is 2. The molecular formula is C13H16Cl2N2O2. The van der Waals surface area contributed by atoms with E-state index in [1.807, 2.05) is 6.07 Å². The largest absolute Gasteiger partial charge is 0.292 e. The van der Waals surface area contributed by atoms with E-state index in [-0.39, 0.29) is 5.91 Å². The monoisotopic (exact) mass is 302 g/mol. The van der Waals surface area contributed by atoms with E-state index in [1.165, 1.54) is 12.2 Å². The molecular weight excluding hydrogens is 287 g/mol. The van der Waals surface area contributed by atoms with Crippen LogP contribution in [0.5, 0.6) is 0 Å². The lowest BCUT2D eigenvalue weighted by molar-refractivity contribution is -0.168. The quantitative estimate of drug-likeness (QED) is 0.619. The maximum atomic E-state index is 11.6. The fourth-order valence-corrected chi connectivity index (χ4v) is 1.84. The van der Waals surface area contributed by atoms with Gasteiger partial charge < -0.3 is 0 Å². The molecule has 19 heavy (non-hydrogen) atoms. The summed E-state index contributed by atoms with van der Waals surface area (Å²) in [5.41, 5.74) is 1.67. The van der Waals surface area contributed by atoms with E-state index >= 15 is 0 Å². The Bertz CT molecular complexity index is 490. The Labute approximate surface area is 122 Å². The molecule has 0 aromatic heterocycles.